The average Bonchev–Trinajstić information content (AvgIpc) is 2.38. The van der Waals surface area contributed by atoms with Gasteiger partial charge in [0.15, 0.2) is 21.7 Å². The van der Waals surface area contributed by atoms with Gasteiger partial charge in [0.25, 0.3) is 0 Å². The summed E-state index contributed by atoms with van der Waals surface area (Å²) >= 11 is 0. The largest absolute Gasteiger partial charge is 0.741 e. The predicted octanol–water partition coefficient (Wildman–Crippen LogP) is 2.60. The number of rotatable bonds is 4. The maximum absolute atomic E-state index is 11.3. The smallest absolute Gasteiger partial charge is 0.485 e. The molecule has 1 unspecified atom stereocenters. The Labute approximate surface area is 126 Å². The van der Waals surface area contributed by atoms with Crippen LogP contribution < -0.4 is 0 Å². The normalized spacial score (nSPS) is 18.6. The Morgan fingerprint density at radius 3 is 2.00 bits per heavy atom. The van der Waals surface area contributed by atoms with E-state index in [1.54, 1.807) is 0 Å². The minimum absolute atomic E-state index is 0.364. The Morgan fingerprint density at radius 2 is 1.67 bits per heavy atom. The fourth-order valence-electron chi connectivity index (χ4n) is 1.94. The van der Waals surface area contributed by atoms with E-state index in [1.807, 2.05) is 6.92 Å². The summed E-state index contributed by atoms with van der Waals surface area (Å²) in [5.74, 6) is 1.30. The van der Waals surface area contributed by atoms with E-state index in [4.69, 9.17) is 13.0 Å². The number of carbonyl (C=O) groups is 1. The van der Waals surface area contributed by atoms with E-state index < -0.39 is 15.6 Å². The number of alkyl halides is 3. The molecule has 0 amide bonds. The van der Waals surface area contributed by atoms with Crippen LogP contribution in [0.3, 0.4) is 0 Å². The molecule has 0 aromatic rings. The molecule has 126 valence electrons. The van der Waals surface area contributed by atoms with Crippen LogP contribution in [-0.2, 0) is 25.8 Å². The van der Waals surface area contributed by atoms with Gasteiger partial charge in [0.2, 0.25) is 0 Å². The number of hydrogen-bond donors (Lipinski definition) is 0. The van der Waals surface area contributed by atoms with Crippen LogP contribution in [0, 0.1) is 0 Å². The molecule has 0 aliphatic heterocycles. The van der Waals surface area contributed by atoms with Crippen LogP contribution in [0.4, 0.5) is 13.2 Å². The molecule has 0 saturated heterocycles. The van der Waals surface area contributed by atoms with Crippen molar-refractivity contribution in [2.75, 3.05) is 12.0 Å². The van der Waals surface area contributed by atoms with E-state index >= 15 is 0 Å². The molecule has 0 N–H and O–H groups in total. The lowest BCUT2D eigenvalue weighted by Crippen LogP contribution is -2.28. The van der Waals surface area contributed by atoms with Gasteiger partial charge in [0.05, 0.1) is 6.26 Å². The van der Waals surface area contributed by atoms with Gasteiger partial charge in [0.1, 0.15) is 5.25 Å². The van der Waals surface area contributed by atoms with Crippen molar-refractivity contribution >= 4 is 26.8 Å². The van der Waals surface area contributed by atoms with Gasteiger partial charge in [-0.25, -0.2) is 8.42 Å². The lowest BCUT2D eigenvalue weighted by atomic mass is 10.0. The second kappa shape index (κ2) is 8.99. The Balaban J connectivity index is 0.000000433. The monoisotopic (exact) mass is 350 g/mol. The van der Waals surface area contributed by atoms with Crippen molar-refractivity contribution in [1.82, 2.24) is 0 Å². The summed E-state index contributed by atoms with van der Waals surface area (Å²) in [7, 11) is -5.73. The van der Waals surface area contributed by atoms with Gasteiger partial charge in [-0.3, -0.25) is 4.79 Å². The van der Waals surface area contributed by atoms with E-state index in [0.717, 1.165) is 17.4 Å². The summed E-state index contributed by atoms with van der Waals surface area (Å²) in [6.45, 7) is 1.97. The molecule has 1 atom stereocenters. The highest BCUT2D eigenvalue weighted by Crippen LogP contribution is 2.24. The third-order valence-electron chi connectivity index (χ3n) is 3.19. The van der Waals surface area contributed by atoms with E-state index in [1.165, 1.54) is 32.1 Å². The topological polar surface area (TPSA) is 74.3 Å². The standard InChI is InChI=1S/C11H21OS.CHF3O3S/c1-3-10(12)9-13(2)11-7-5-4-6-8-11;2-1(3,4)8(5,6)7/h11H,3-9H2,1-2H3;(H,5,6,7)/q+1;/p-1. The highest BCUT2D eigenvalue weighted by molar-refractivity contribution is 7.97. The van der Waals surface area contributed by atoms with Gasteiger partial charge in [-0.15, -0.1) is 0 Å². The molecule has 1 fully saturated rings. The molecule has 0 aromatic carbocycles. The van der Waals surface area contributed by atoms with E-state index in [2.05, 4.69) is 6.26 Å². The molecule has 0 bridgehead atoms. The average molecular weight is 350 g/mol. The summed E-state index contributed by atoms with van der Waals surface area (Å²) in [5.41, 5.74) is -5.65. The van der Waals surface area contributed by atoms with Crippen molar-refractivity contribution in [3.05, 3.63) is 0 Å². The van der Waals surface area contributed by atoms with Gasteiger partial charge in [-0.1, -0.05) is 13.3 Å². The van der Waals surface area contributed by atoms with Crippen LogP contribution >= 0.6 is 0 Å². The number of halogens is 3. The van der Waals surface area contributed by atoms with Crippen molar-refractivity contribution < 1.29 is 30.9 Å². The molecular weight excluding hydrogens is 329 g/mol. The predicted molar refractivity (Wildman–Crippen MR) is 76.1 cm³/mol. The SMILES string of the molecule is CCC(=O)C[S+](C)C1CCCCC1.O=S(=O)([O-])C(F)(F)F. The first-order valence-corrected chi connectivity index (χ1v) is 9.91. The zero-order chi connectivity index (χ0) is 16.7. The lowest BCUT2D eigenvalue weighted by molar-refractivity contribution is -0.116. The first-order chi connectivity index (χ1) is 9.49. The summed E-state index contributed by atoms with van der Waals surface area (Å²) in [6, 6.07) is 0. The lowest BCUT2D eigenvalue weighted by Gasteiger charge is -2.20. The molecular formula is C12H21F3O4S2. The molecule has 1 saturated carbocycles. The second-order valence-corrected chi connectivity index (χ2v) is 8.60. The van der Waals surface area contributed by atoms with Crippen LogP contribution in [0.1, 0.15) is 45.4 Å². The number of ketones is 1. The second-order valence-electron chi connectivity index (χ2n) is 4.89. The summed E-state index contributed by atoms with van der Waals surface area (Å²) in [4.78, 5) is 11.3. The van der Waals surface area contributed by atoms with E-state index in [0.29, 0.717) is 16.7 Å². The Hall–Kier alpha value is -0.280. The van der Waals surface area contributed by atoms with Gasteiger partial charge in [-0.2, -0.15) is 13.2 Å². The van der Waals surface area contributed by atoms with Crippen molar-refractivity contribution in [2.24, 2.45) is 0 Å². The summed E-state index contributed by atoms with van der Waals surface area (Å²) < 4.78 is 58.9. The molecule has 1 rings (SSSR count). The molecule has 0 heterocycles. The highest BCUT2D eigenvalue weighted by Gasteiger charge is 2.36. The quantitative estimate of drug-likeness (QED) is 0.444. The highest BCUT2D eigenvalue weighted by atomic mass is 32.2. The van der Waals surface area contributed by atoms with Crippen LogP contribution in [0.5, 0.6) is 0 Å². The van der Waals surface area contributed by atoms with Gasteiger partial charge < -0.3 is 4.55 Å². The van der Waals surface area contributed by atoms with E-state index in [-0.39, 0.29) is 0 Å². The first-order valence-electron chi connectivity index (χ1n) is 6.64. The van der Waals surface area contributed by atoms with Crippen LogP contribution in [0.15, 0.2) is 0 Å². The number of Topliss-reactive ketones (excluding diaryl/α,β-unsaturated/α-hetero) is 1. The molecule has 0 aromatic heterocycles. The van der Waals surface area contributed by atoms with Crippen LogP contribution in [0.25, 0.3) is 0 Å². The molecule has 0 spiro atoms. The zero-order valence-electron chi connectivity index (χ0n) is 12.1. The molecule has 4 nitrogen and oxygen atoms in total. The van der Waals surface area contributed by atoms with E-state index in [9.17, 15) is 18.0 Å². The Bertz CT molecular complexity index is 415. The fraction of sp³-hybridized carbons (Fsp3) is 0.917. The fourth-order valence-corrected chi connectivity index (χ4v) is 4.03. The van der Waals surface area contributed by atoms with Gasteiger partial charge >= 0.3 is 5.51 Å². The van der Waals surface area contributed by atoms with Crippen LogP contribution in [-0.4, -0.2) is 41.5 Å². The van der Waals surface area contributed by atoms with Crippen molar-refractivity contribution in [3.8, 4) is 0 Å². The summed E-state index contributed by atoms with van der Waals surface area (Å²) in [5, 5.41) is 0.865. The zero-order valence-corrected chi connectivity index (χ0v) is 13.7. The minimum Gasteiger partial charge on any atom is -0.741 e. The third-order valence-corrected chi connectivity index (χ3v) is 6.14. The van der Waals surface area contributed by atoms with Crippen LogP contribution in [0.2, 0.25) is 0 Å². The van der Waals surface area contributed by atoms with Crippen molar-refractivity contribution in [2.45, 2.75) is 56.2 Å². The summed E-state index contributed by atoms with van der Waals surface area (Å²) in [6.07, 6.45) is 9.95. The van der Waals surface area contributed by atoms with Crippen molar-refractivity contribution in [3.63, 3.8) is 0 Å². The molecule has 1 aliphatic rings. The minimum atomic E-state index is -6.09. The van der Waals surface area contributed by atoms with Crippen molar-refractivity contribution in [1.29, 1.82) is 0 Å². The number of carbonyl (C=O) groups excluding carboxylic acids is 1. The molecule has 9 heteroatoms. The Kier molecular flexibility index (Phi) is 8.87. The van der Waals surface area contributed by atoms with Gasteiger partial charge in [0, 0.05) is 6.42 Å². The Morgan fingerprint density at radius 1 is 1.24 bits per heavy atom. The maximum Gasteiger partial charge on any atom is 0.485 e. The number of hydrogen-bond acceptors (Lipinski definition) is 4. The third kappa shape index (κ3) is 8.67. The maximum atomic E-state index is 11.3. The molecule has 1 aliphatic carbocycles. The molecule has 21 heavy (non-hydrogen) atoms. The first kappa shape index (κ1) is 20.7. The van der Waals surface area contributed by atoms with Gasteiger partial charge in [-0.05, 0) is 36.6 Å². The molecule has 0 radical (unpaired) electrons.